The van der Waals surface area contributed by atoms with Gasteiger partial charge in [0.1, 0.15) is 17.4 Å². The number of hydrazone groups is 1. The lowest BCUT2D eigenvalue weighted by Crippen LogP contribution is -2.16. The highest BCUT2D eigenvalue weighted by molar-refractivity contribution is 5.80. The van der Waals surface area contributed by atoms with Crippen LogP contribution in [0.5, 0.6) is 5.75 Å². The van der Waals surface area contributed by atoms with Crippen molar-refractivity contribution in [1.82, 2.24) is 9.97 Å². The standard InChI is InChI=1S/C23H21N5O4/c24-14-19-21(17-6-2-1-3-7-17)26-23(27-22(19)29)28-25-15-16-5-4-8-18(13-16)30-10-9-20-31-11-12-32-20/h1-8,13,15,20H,9-12H2,(H2,26,27,28,29). The number of hydrogen-bond acceptors (Lipinski definition) is 8. The lowest BCUT2D eigenvalue weighted by Gasteiger charge is -2.10. The first-order valence-corrected chi connectivity index (χ1v) is 10.1. The first-order valence-electron chi connectivity index (χ1n) is 10.1. The summed E-state index contributed by atoms with van der Waals surface area (Å²) in [7, 11) is 0. The van der Waals surface area contributed by atoms with E-state index in [-0.39, 0.29) is 17.8 Å². The Morgan fingerprint density at radius 1 is 1.22 bits per heavy atom. The summed E-state index contributed by atoms with van der Waals surface area (Å²) in [5.74, 6) is 0.830. The maximum absolute atomic E-state index is 12.3. The van der Waals surface area contributed by atoms with E-state index in [1.165, 1.54) is 0 Å². The fourth-order valence-electron chi connectivity index (χ4n) is 3.13. The quantitative estimate of drug-likeness (QED) is 0.415. The van der Waals surface area contributed by atoms with Crippen LogP contribution >= 0.6 is 0 Å². The van der Waals surface area contributed by atoms with Crippen LogP contribution in [0.1, 0.15) is 17.5 Å². The molecule has 0 aliphatic carbocycles. The summed E-state index contributed by atoms with van der Waals surface area (Å²) in [5.41, 5.74) is 3.88. The van der Waals surface area contributed by atoms with Gasteiger partial charge in [-0.05, 0) is 17.7 Å². The van der Waals surface area contributed by atoms with Gasteiger partial charge in [0.15, 0.2) is 6.29 Å². The second kappa shape index (κ2) is 10.3. The minimum absolute atomic E-state index is 0.0519. The molecule has 32 heavy (non-hydrogen) atoms. The molecule has 9 heteroatoms. The molecule has 0 saturated carbocycles. The monoisotopic (exact) mass is 431 g/mol. The van der Waals surface area contributed by atoms with Crippen molar-refractivity contribution in [1.29, 1.82) is 5.26 Å². The SMILES string of the molecule is N#Cc1c(-c2ccccc2)nc(NN=Cc2cccc(OCCC3OCCO3)c2)[nH]c1=O. The Bertz CT molecular complexity index is 1180. The van der Waals surface area contributed by atoms with Gasteiger partial charge in [0.05, 0.1) is 31.7 Å². The normalized spacial score (nSPS) is 13.8. The number of nitrogens with one attached hydrogen (secondary N) is 2. The topological polar surface area (TPSA) is 122 Å². The molecule has 1 aliphatic rings. The van der Waals surface area contributed by atoms with Gasteiger partial charge in [-0.3, -0.25) is 9.78 Å². The average molecular weight is 431 g/mol. The number of aromatic amines is 1. The zero-order valence-corrected chi connectivity index (χ0v) is 17.2. The molecule has 9 nitrogen and oxygen atoms in total. The molecule has 2 N–H and O–H groups in total. The van der Waals surface area contributed by atoms with E-state index in [1.54, 1.807) is 18.3 Å². The molecule has 4 rings (SSSR count). The Labute approximate surface area is 184 Å². The zero-order valence-electron chi connectivity index (χ0n) is 17.2. The highest BCUT2D eigenvalue weighted by atomic mass is 16.7. The molecule has 1 aromatic heterocycles. The largest absolute Gasteiger partial charge is 0.493 e. The van der Waals surface area contributed by atoms with Crippen LogP contribution in [-0.4, -0.2) is 42.3 Å². The van der Waals surface area contributed by atoms with Crippen LogP contribution in [0, 0.1) is 11.3 Å². The number of hydrogen-bond donors (Lipinski definition) is 2. The van der Waals surface area contributed by atoms with E-state index >= 15 is 0 Å². The fraction of sp³-hybridized carbons (Fsp3) is 0.217. The van der Waals surface area contributed by atoms with Crippen LogP contribution in [0.15, 0.2) is 64.5 Å². The van der Waals surface area contributed by atoms with Gasteiger partial charge in [-0.1, -0.05) is 42.5 Å². The van der Waals surface area contributed by atoms with E-state index in [2.05, 4.69) is 20.5 Å². The number of ether oxygens (including phenoxy) is 3. The molecule has 0 radical (unpaired) electrons. The van der Waals surface area contributed by atoms with Crippen LogP contribution in [0.25, 0.3) is 11.3 Å². The molecule has 3 aromatic rings. The van der Waals surface area contributed by atoms with Crippen LogP contribution in [0.2, 0.25) is 0 Å². The summed E-state index contributed by atoms with van der Waals surface area (Å²) < 4.78 is 16.5. The number of nitriles is 1. The van der Waals surface area contributed by atoms with Gasteiger partial charge < -0.3 is 14.2 Å². The zero-order chi connectivity index (χ0) is 22.2. The lowest BCUT2D eigenvalue weighted by atomic mass is 10.1. The molecule has 0 spiro atoms. The highest BCUT2D eigenvalue weighted by Crippen LogP contribution is 2.19. The lowest BCUT2D eigenvalue weighted by molar-refractivity contribution is -0.0531. The Morgan fingerprint density at radius 3 is 2.81 bits per heavy atom. The molecular formula is C23H21N5O4. The minimum Gasteiger partial charge on any atom is -0.493 e. The van der Waals surface area contributed by atoms with Crippen molar-refractivity contribution in [2.24, 2.45) is 5.10 Å². The molecule has 0 unspecified atom stereocenters. The van der Waals surface area contributed by atoms with Gasteiger partial charge in [0.25, 0.3) is 5.56 Å². The van der Waals surface area contributed by atoms with E-state index in [0.29, 0.717) is 43.2 Å². The van der Waals surface area contributed by atoms with Crippen molar-refractivity contribution < 1.29 is 14.2 Å². The van der Waals surface area contributed by atoms with Gasteiger partial charge >= 0.3 is 0 Å². The highest BCUT2D eigenvalue weighted by Gasteiger charge is 2.15. The maximum Gasteiger partial charge on any atom is 0.270 e. The third-order valence-electron chi connectivity index (χ3n) is 4.63. The van der Waals surface area contributed by atoms with Gasteiger partial charge in [0.2, 0.25) is 5.95 Å². The van der Waals surface area contributed by atoms with Crippen LogP contribution in [0.4, 0.5) is 5.95 Å². The van der Waals surface area contributed by atoms with E-state index in [0.717, 1.165) is 5.56 Å². The van der Waals surface area contributed by atoms with Crippen molar-refractivity contribution in [3.63, 3.8) is 0 Å². The second-order valence-corrected chi connectivity index (χ2v) is 6.87. The van der Waals surface area contributed by atoms with Crippen molar-refractivity contribution in [3.05, 3.63) is 76.1 Å². The summed E-state index contributed by atoms with van der Waals surface area (Å²) in [6, 6.07) is 18.4. The molecular weight excluding hydrogens is 410 g/mol. The first kappa shape index (κ1) is 21.2. The number of nitrogens with zero attached hydrogens (tertiary/aromatic N) is 3. The molecule has 2 heterocycles. The van der Waals surface area contributed by atoms with Crippen LogP contribution in [-0.2, 0) is 9.47 Å². The molecule has 0 atom stereocenters. The molecule has 1 fully saturated rings. The van der Waals surface area contributed by atoms with E-state index < -0.39 is 5.56 Å². The van der Waals surface area contributed by atoms with Crippen molar-refractivity contribution >= 4 is 12.2 Å². The van der Waals surface area contributed by atoms with Crippen molar-refractivity contribution in [2.45, 2.75) is 12.7 Å². The third-order valence-corrected chi connectivity index (χ3v) is 4.63. The molecule has 162 valence electrons. The number of rotatable bonds is 8. The molecule has 1 saturated heterocycles. The van der Waals surface area contributed by atoms with Gasteiger partial charge in [-0.15, -0.1) is 0 Å². The summed E-state index contributed by atoms with van der Waals surface area (Å²) in [6.07, 6.45) is 2.03. The van der Waals surface area contributed by atoms with Gasteiger partial charge in [0, 0.05) is 12.0 Å². The number of aromatic nitrogens is 2. The summed E-state index contributed by atoms with van der Waals surface area (Å²) in [6.45, 7) is 1.72. The van der Waals surface area contributed by atoms with Crippen LogP contribution < -0.4 is 15.7 Å². The van der Waals surface area contributed by atoms with E-state index in [1.807, 2.05) is 48.5 Å². The Kier molecular flexibility index (Phi) is 6.87. The van der Waals surface area contributed by atoms with Gasteiger partial charge in [-0.2, -0.15) is 10.4 Å². The summed E-state index contributed by atoms with van der Waals surface area (Å²) in [4.78, 5) is 19.2. The number of benzene rings is 2. The summed E-state index contributed by atoms with van der Waals surface area (Å²) in [5, 5.41) is 13.5. The van der Waals surface area contributed by atoms with Crippen molar-refractivity contribution in [3.8, 4) is 23.1 Å². The molecule has 1 aliphatic heterocycles. The molecule has 2 aromatic carbocycles. The predicted molar refractivity (Wildman–Crippen MR) is 118 cm³/mol. The third kappa shape index (κ3) is 5.37. The minimum atomic E-state index is -0.537. The first-order chi connectivity index (χ1) is 15.7. The van der Waals surface area contributed by atoms with Crippen molar-refractivity contribution in [2.75, 3.05) is 25.2 Å². The Balaban J connectivity index is 1.42. The second-order valence-electron chi connectivity index (χ2n) is 6.87. The molecule has 0 bridgehead atoms. The fourth-order valence-corrected chi connectivity index (χ4v) is 3.13. The van der Waals surface area contributed by atoms with E-state index in [9.17, 15) is 10.1 Å². The molecule has 0 amide bonds. The Morgan fingerprint density at radius 2 is 2.03 bits per heavy atom. The number of H-pyrrole nitrogens is 1. The summed E-state index contributed by atoms with van der Waals surface area (Å²) >= 11 is 0. The average Bonchev–Trinajstić information content (AvgIpc) is 3.33. The maximum atomic E-state index is 12.3. The predicted octanol–water partition coefficient (Wildman–Crippen LogP) is 2.90. The van der Waals surface area contributed by atoms with Crippen LogP contribution in [0.3, 0.4) is 0 Å². The number of anilines is 1. The smallest absolute Gasteiger partial charge is 0.270 e. The Hall–Kier alpha value is -4.00. The van der Waals surface area contributed by atoms with Gasteiger partial charge in [-0.25, -0.2) is 10.4 Å². The van der Waals surface area contributed by atoms with E-state index in [4.69, 9.17) is 14.2 Å².